The van der Waals surface area contributed by atoms with Crippen molar-refractivity contribution in [2.24, 2.45) is 11.7 Å². The van der Waals surface area contributed by atoms with Crippen molar-refractivity contribution in [3.63, 3.8) is 0 Å². The molecule has 1 aromatic heterocycles. The maximum absolute atomic E-state index is 6.56. The minimum absolute atomic E-state index is 0.215. The Labute approximate surface area is 96.2 Å². The van der Waals surface area contributed by atoms with Gasteiger partial charge in [-0.05, 0) is 25.2 Å². The molecular weight excluding hydrogens is 200 g/mol. The first kappa shape index (κ1) is 10.3. The van der Waals surface area contributed by atoms with Gasteiger partial charge in [0.15, 0.2) is 5.82 Å². The molecule has 1 aliphatic carbocycles. The summed E-state index contributed by atoms with van der Waals surface area (Å²) in [7, 11) is 0. The van der Waals surface area contributed by atoms with Gasteiger partial charge >= 0.3 is 0 Å². The zero-order chi connectivity index (χ0) is 11.2. The molecule has 2 atom stereocenters. The number of nitrogens with two attached hydrogens (primary N) is 1. The van der Waals surface area contributed by atoms with E-state index in [1.807, 2.05) is 0 Å². The lowest BCUT2D eigenvalue weighted by atomic mass is 9.76. The predicted molar refractivity (Wildman–Crippen MR) is 61.8 cm³/mol. The third kappa shape index (κ3) is 1.47. The van der Waals surface area contributed by atoms with E-state index in [9.17, 15) is 0 Å². The van der Waals surface area contributed by atoms with E-state index in [1.54, 1.807) is 0 Å². The van der Waals surface area contributed by atoms with Gasteiger partial charge < -0.3 is 10.3 Å². The lowest BCUT2D eigenvalue weighted by Gasteiger charge is -2.35. The van der Waals surface area contributed by atoms with Gasteiger partial charge in [-0.25, -0.2) is 0 Å². The smallest absolute Gasteiger partial charge is 0.153 e. The molecule has 0 amide bonds. The van der Waals surface area contributed by atoms with Gasteiger partial charge in [0, 0.05) is 13.0 Å². The van der Waals surface area contributed by atoms with Crippen molar-refractivity contribution in [1.29, 1.82) is 0 Å². The summed E-state index contributed by atoms with van der Waals surface area (Å²) in [6.07, 6.45) is 6.92. The van der Waals surface area contributed by atoms with Crippen LogP contribution in [0, 0.1) is 5.92 Å². The molecule has 3 rings (SSSR count). The summed E-state index contributed by atoms with van der Waals surface area (Å²) in [5.41, 5.74) is 6.35. The first-order valence-electron chi connectivity index (χ1n) is 6.40. The van der Waals surface area contributed by atoms with Gasteiger partial charge in [0.1, 0.15) is 5.82 Å². The first-order chi connectivity index (χ1) is 7.69. The van der Waals surface area contributed by atoms with Crippen LogP contribution in [0.1, 0.15) is 50.7 Å². The van der Waals surface area contributed by atoms with E-state index in [0.29, 0.717) is 5.92 Å². The summed E-state index contributed by atoms with van der Waals surface area (Å²) < 4.78 is 2.26. The SMILES string of the molecule is CC1CCCC(N)(c2nnc3n2CCC3)C1. The number of aryl methyl sites for hydroxylation is 1. The van der Waals surface area contributed by atoms with E-state index in [2.05, 4.69) is 21.7 Å². The lowest BCUT2D eigenvalue weighted by molar-refractivity contribution is 0.222. The summed E-state index contributed by atoms with van der Waals surface area (Å²) in [5.74, 6) is 2.90. The molecule has 88 valence electrons. The minimum Gasteiger partial charge on any atom is -0.319 e. The highest BCUT2D eigenvalue weighted by atomic mass is 15.3. The quantitative estimate of drug-likeness (QED) is 0.782. The van der Waals surface area contributed by atoms with Gasteiger partial charge in [-0.3, -0.25) is 0 Å². The van der Waals surface area contributed by atoms with E-state index in [4.69, 9.17) is 5.73 Å². The Kier molecular flexibility index (Phi) is 2.28. The molecule has 2 N–H and O–H groups in total. The van der Waals surface area contributed by atoms with E-state index < -0.39 is 0 Å². The number of fused-ring (bicyclic) bond motifs is 1. The van der Waals surface area contributed by atoms with Crippen LogP contribution in [0.4, 0.5) is 0 Å². The highest BCUT2D eigenvalue weighted by molar-refractivity contribution is 5.12. The molecule has 1 saturated carbocycles. The Balaban J connectivity index is 1.95. The van der Waals surface area contributed by atoms with Crippen LogP contribution in [-0.4, -0.2) is 14.8 Å². The molecule has 4 heteroatoms. The minimum atomic E-state index is -0.215. The van der Waals surface area contributed by atoms with Crippen LogP contribution in [0.15, 0.2) is 0 Å². The third-order valence-corrected chi connectivity index (χ3v) is 4.09. The van der Waals surface area contributed by atoms with E-state index in [0.717, 1.165) is 37.5 Å². The Morgan fingerprint density at radius 3 is 3.06 bits per heavy atom. The van der Waals surface area contributed by atoms with Crippen molar-refractivity contribution in [1.82, 2.24) is 14.8 Å². The van der Waals surface area contributed by atoms with Gasteiger partial charge in [-0.2, -0.15) is 0 Å². The zero-order valence-corrected chi connectivity index (χ0v) is 9.95. The van der Waals surface area contributed by atoms with Crippen LogP contribution >= 0.6 is 0 Å². The molecule has 16 heavy (non-hydrogen) atoms. The fourth-order valence-corrected chi connectivity index (χ4v) is 3.31. The number of hydrogen-bond donors (Lipinski definition) is 1. The van der Waals surface area contributed by atoms with E-state index in [1.165, 1.54) is 19.3 Å². The molecule has 0 spiro atoms. The number of rotatable bonds is 1. The maximum Gasteiger partial charge on any atom is 0.153 e. The average Bonchev–Trinajstić information content (AvgIpc) is 2.76. The molecule has 4 nitrogen and oxygen atoms in total. The Bertz CT molecular complexity index is 398. The number of hydrogen-bond acceptors (Lipinski definition) is 3. The van der Waals surface area contributed by atoms with E-state index >= 15 is 0 Å². The molecule has 0 saturated heterocycles. The summed E-state index contributed by atoms with van der Waals surface area (Å²) in [6, 6.07) is 0. The van der Waals surface area contributed by atoms with Crippen molar-refractivity contribution in [2.75, 3.05) is 0 Å². The second kappa shape index (κ2) is 3.55. The predicted octanol–water partition coefficient (Wildman–Crippen LogP) is 1.59. The van der Waals surface area contributed by atoms with E-state index in [-0.39, 0.29) is 5.54 Å². The van der Waals surface area contributed by atoms with Gasteiger partial charge in [0.2, 0.25) is 0 Å². The Morgan fingerprint density at radius 2 is 2.25 bits per heavy atom. The van der Waals surface area contributed by atoms with Crippen molar-refractivity contribution >= 4 is 0 Å². The second-order valence-electron chi connectivity index (χ2n) is 5.55. The summed E-state index contributed by atoms with van der Waals surface area (Å²) in [4.78, 5) is 0. The van der Waals surface area contributed by atoms with Crippen LogP contribution in [0.25, 0.3) is 0 Å². The molecule has 2 unspecified atom stereocenters. The van der Waals surface area contributed by atoms with Gasteiger partial charge in [-0.1, -0.05) is 19.8 Å². The molecule has 1 aliphatic heterocycles. The molecule has 0 aromatic carbocycles. The van der Waals surface area contributed by atoms with Gasteiger partial charge in [0.25, 0.3) is 0 Å². The van der Waals surface area contributed by atoms with Gasteiger partial charge in [0.05, 0.1) is 5.54 Å². The summed E-state index contributed by atoms with van der Waals surface area (Å²) in [5, 5.41) is 8.63. The third-order valence-electron chi connectivity index (χ3n) is 4.09. The second-order valence-corrected chi connectivity index (χ2v) is 5.55. The zero-order valence-electron chi connectivity index (χ0n) is 9.95. The molecular formula is C12H20N4. The highest BCUT2D eigenvalue weighted by Crippen LogP contribution is 2.37. The molecule has 2 heterocycles. The van der Waals surface area contributed by atoms with Crippen molar-refractivity contribution < 1.29 is 0 Å². The molecule has 1 aromatic rings. The maximum atomic E-state index is 6.56. The van der Waals surface area contributed by atoms with Crippen molar-refractivity contribution in [2.45, 2.75) is 57.5 Å². The highest BCUT2D eigenvalue weighted by Gasteiger charge is 2.38. The monoisotopic (exact) mass is 220 g/mol. The van der Waals surface area contributed by atoms with Crippen LogP contribution < -0.4 is 5.73 Å². The molecule has 2 aliphatic rings. The van der Waals surface area contributed by atoms with Crippen LogP contribution in [-0.2, 0) is 18.5 Å². The molecule has 1 fully saturated rings. The number of aromatic nitrogens is 3. The van der Waals surface area contributed by atoms with Crippen LogP contribution in [0.3, 0.4) is 0 Å². The standard InChI is InChI=1S/C12H20N4/c1-9-4-2-6-12(13,8-9)11-15-14-10-5-3-7-16(10)11/h9H,2-8,13H2,1H3. The Hall–Kier alpha value is -0.900. The largest absolute Gasteiger partial charge is 0.319 e. The topological polar surface area (TPSA) is 56.7 Å². The fourth-order valence-electron chi connectivity index (χ4n) is 3.31. The first-order valence-corrected chi connectivity index (χ1v) is 6.40. The lowest BCUT2D eigenvalue weighted by Crippen LogP contribution is -2.43. The molecule has 0 bridgehead atoms. The Morgan fingerprint density at radius 1 is 1.38 bits per heavy atom. The summed E-state index contributed by atoms with van der Waals surface area (Å²) >= 11 is 0. The van der Waals surface area contributed by atoms with Crippen LogP contribution in [0.2, 0.25) is 0 Å². The average molecular weight is 220 g/mol. The van der Waals surface area contributed by atoms with Crippen molar-refractivity contribution in [3.05, 3.63) is 11.6 Å². The number of nitrogens with zero attached hydrogens (tertiary/aromatic N) is 3. The van der Waals surface area contributed by atoms with Crippen LogP contribution in [0.5, 0.6) is 0 Å². The van der Waals surface area contributed by atoms with Gasteiger partial charge in [-0.15, -0.1) is 10.2 Å². The van der Waals surface area contributed by atoms with Crippen molar-refractivity contribution in [3.8, 4) is 0 Å². The fraction of sp³-hybridized carbons (Fsp3) is 0.833. The normalized spacial score (nSPS) is 34.0. The molecule has 0 radical (unpaired) electrons. The summed E-state index contributed by atoms with van der Waals surface area (Å²) in [6.45, 7) is 3.35.